The van der Waals surface area contributed by atoms with Crippen molar-refractivity contribution in [2.45, 2.75) is 0 Å². The summed E-state index contributed by atoms with van der Waals surface area (Å²) in [6.45, 7) is 0. The van der Waals surface area contributed by atoms with Gasteiger partial charge in [0.2, 0.25) is 5.43 Å². The SMILES string of the molecule is COc1ccc(-c2nc3c(c(=O)c4ccccc4n3C)c(=O)n2-c2ccccc2)cc1. The fourth-order valence-corrected chi connectivity index (χ4v) is 3.91. The zero-order chi connectivity index (χ0) is 21.5. The Hall–Kier alpha value is -4.19. The Morgan fingerprint density at radius 1 is 0.839 bits per heavy atom. The highest BCUT2D eigenvalue weighted by Crippen LogP contribution is 2.24. The maximum atomic E-state index is 13.7. The van der Waals surface area contributed by atoms with Crippen LogP contribution in [0.5, 0.6) is 5.75 Å². The number of hydrogen-bond donors (Lipinski definition) is 0. The quantitative estimate of drug-likeness (QED) is 0.424. The van der Waals surface area contributed by atoms with Gasteiger partial charge in [-0.25, -0.2) is 4.98 Å². The number of pyridine rings is 1. The summed E-state index contributed by atoms with van der Waals surface area (Å²) >= 11 is 0. The first-order chi connectivity index (χ1) is 15.1. The number of ether oxygens (including phenoxy) is 1. The van der Waals surface area contributed by atoms with Gasteiger partial charge < -0.3 is 9.30 Å². The van der Waals surface area contributed by atoms with Crippen molar-refractivity contribution in [2.75, 3.05) is 7.11 Å². The lowest BCUT2D eigenvalue weighted by molar-refractivity contribution is 0.415. The summed E-state index contributed by atoms with van der Waals surface area (Å²) in [7, 11) is 3.42. The summed E-state index contributed by atoms with van der Waals surface area (Å²) in [6, 6.07) is 23.8. The number of hydrogen-bond acceptors (Lipinski definition) is 4. The zero-order valence-electron chi connectivity index (χ0n) is 17.1. The van der Waals surface area contributed by atoms with Crippen LogP contribution < -0.4 is 15.7 Å². The minimum atomic E-state index is -0.395. The maximum absolute atomic E-state index is 13.7. The Labute approximate surface area is 177 Å². The first kappa shape index (κ1) is 18.8. The van der Waals surface area contributed by atoms with Crippen LogP contribution >= 0.6 is 0 Å². The van der Waals surface area contributed by atoms with Gasteiger partial charge in [0.25, 0.3) is 5.56 Å². The fourth-order valence-electron chi connectivity index (χ4n) is 3.91. The Morgan fingerprint density at radius 2 is 1.52 bits per heavy atom. The van der Waals surface area contributed by atoms with E-state index in [0.717, 1.165) is 11.1 Å². The van der Waals surface area contributed by atoms with Gasteiger partial charge in [-0.15, -0.1) is 0 Å². The highest BCUT2D eigenvalue weighted by molar-refractivity contribution is 5.92. The van der Waals surface area contributed by atoms with E-state index in [9.17, 15) is 9.59 Å². The highest BCUT2D eigenvalue weighted by Gasteiger charge is 2.20. The van der Waals surface area contributed by atoms with Crippen LogP contribution in [0.1, 0.15) is 0 Å². The highest BCUT2D eigenvalue weighted by atomic mass is 16.5. The molecule has 3 aromatic carbocycles. The van der Waals surface area contributed by atoms with Crippen molar-refractivity contribution < 1.29 is 4.74 Å². The van der Waals surface area contributed by atoms with Crippen molar-refractivity contribution >= 4 is 21.9 Å². The number of para-hydroxylation sites is 2. The summed E-state index contributed by atoms with van der Waals surface area (Å²) in [5, 5.41) is 0.565. The third-order valence-electron chi connectivity index (χ3n) is 5.48. The Balaban J connectivity index is 1.97. The topological polar surface area (TPSA) is 66.1 Å². The molecule has 0 atom stereocenters. The molecule has 2 heterocycles. The molecular formula is C25H19N3O3. The van der Waals surface area contributed by atoms with Crippen LogP contribution in [0.15, 0.2) is 88.5 Å². The predicted molar refractivity (Wildman–Crippen MR) is 122 cm³/mol. The van der Waals surface area contributed by atoms with Crippen LogP contribution in [0, 0.1) is 0 Å². The first-order valence-corrected chi connectivity index (χ1v) is 9.84. The average molecular weight is 409 g/mol. The van der Waals surface area contributed by atoms with E-state index in [2.05, 4.69) is 0 Å². The van der Waals surface area contributed by atoms with Crippen LogP contribution in [-0.2, 0) is 7.05 Å². The smallest absolute Gasteiger partial charge is 0.271 e. The van der Waals surface area contributed by atoms with Gasteiger partial charge in [0.05, 0.1) is 18.3 Å². The summed E-state index contributed by atoms with van der Waals surface area (Å²) in [6.07, 6.45) is 0. The molecule has 6 nitrogen and oxygen atoms in total. The van der Waals surface area contributed by atoms with E-state index < -0.39 is 5.56 Å². The molecular weight excluding hydrogens is 390 g/mol. The second kappa shape index (κ2) is 7.25. The zero-order valence-corrected chi connectivity index (χ0v) is 17.1. The van der Waals surface area contributed by atoms with Crippen LogP contribution in [0.25, 0.3) is 39.0 Å². The van der Waals surface area contributed by atoms with Crippen molar-refractivity contribution in [3.63, 3.8) is 0 Å². The largest absolute Gasteiger partial charge is 0.497 e. The number of benzene rings is 3. The Kier molecular flexibility index (Phi) is 4.40. The van der Waals surface area contributed by atoms with E-state index in [4.69, 9.17) is 9.72 Å². The van der Waals surface area contributed by atoms with Crippen LogP contribution in [0.4, 0.5) is 0 Å². The lowest BCUT2D eigenvalue weighted by Crippen LogP contribution is -2.28. The normalized spacial score (nSPS) is 11.2. The number of rotatable bonds is 3. The molecule has 5 aromatic rings. The minimum absolute atomic E-state index is 0.0716. The standard InChI is InChI=1S/C25H19N3O3/c1-27-20-11-7-6-10-19(20)22(29)21-24(27)26-23(16-12-14-18(31-2)15-13-16)28(25(21)30)17-8-4-3-5-9-17/h3-15H,1-2H3. The Morgan fingerprint density at radius 3 is 2.23 bits per heavy atom. The number of fused-ring (bicyclic) bond motifs is 2. The van der Waals surface area contributed by atoms with Crippen molar-refractivity contribution in [3.8, 4) is 22.8 Å². The third kappa shape index (κ3) is 2.92. The molecule has 6 heteroatoms. The van der Waals surface area contributed by atoms with E-state index in [1.54, 1.807) is 23.8 Å². The molecule has 0 unspecified atom stereocenters. The van der Waals surface area contributed by atoms with E-state index in [0.29, 0.717) is 28.3 Å². The molecule has 0 N–H and O–H groups in total. The summed E-state index contributed by atoms with van der Waals surface area (Å²) in [5.74, 6) is 1.16. The molecule has 5 rings (SSSR count). The molecule has 0 bridgehead atoms. The van der Waals surface area contributed by atoms with Crippen LogP contribution in [0.2, 0.25) is 0 Å². The molecule has 0 spiro atoms. The van der Waals surface area contributed by atoms with Crippen LogP contribution in [-0.4, -0.2) is 21.2 Å². The van der Waals surface area contributed by atoms with Gasteiger partial charge in [-0.3, -0.25) is 14.2 Å². The molecule has 2 aromatic heterocycles. The van der Waals surface area contributed by atoms with E-state index >= 15 is 0 Å². The first-order valence-electron chi connectivity index (χ1n) is 9.84. The molecule has 0 saturated heterocycles. The summed E-state index contributed by atoms with van der Waals surface area (Å²) in [5.41, 5.74) is 1.75. The van der Waals surface area contributed by atoms with Gasteiger partial charge in [-0.2, -0.15) is 0 Å². The van der Waals surface area contributed by atoms with E-state index in [1.807, 2.05) is 73.8 Å². The minimum Gasteiger partial charge on any atom is -0.497 e. The van der Waals surface area contributed by atoms with Crippen molar-refractivity contribution in [1.82, 2.24) is 14.1 Å². The lowest BCUT2D eigenvalue weighted by Gasteiger charge is -2.16. The molecule has 0 aliphatic carbocycles. The second-order valence-electron chi connectivity index (χ2n) is 7.24. The number of aromatic nitrogens is 3. The number of aryl methyl sites for hydroxylation is 1. The molecule has 152 valence electrons. The number of nitrogens with zero attached hydrogens (tertiary/aromatic N) is 3. The van der Waals surface area contributed by atoms with E-state index in [1.165, 1.54) is 4.57 Å². The van der Waals surface area contributed by atoms with E-state index in [-0.39, 0.29) is 10.8 Å². The monoisotopic (exact) mass is 409 g/mol. The predicted octanol–water partition coefficient (Wildman–Crippen LogP) is 3.91. The molecule has 0 saturated carbocycles. The lowest BCUT2D eigenvalue weighted by atomic mass is 10.1. The summed E-state index contributed by atoms with van der Waals surface area (Å²) in [4.78, 5) is 31.9. The maximum Gasteiger partial charge on any atom is 0.271 e. The Bertz CT molecular complexity index is 1550. The average Bonchev–Trinajstić information content (AvgIpc) is 2.82. The number of methoxy groups -OCH3 is 1. The van der Waals surface area contributed by atoms with Gasteiger partial charge in [-0.05, 0) is 48.5 Å². The van der Waals surface area contributed by atoms with Gasteiger partial charge in [-0.1, -0.05) is 30.3 Å². The van der Waals surface area contributed by atoms with Gasteiger partial charge in [0, 0.05) is 18.0 Å². The fraction of sp³-hybridized carbons (Fsp3) is 0.0800. The molecule has 0 amide bonds. The van der Waals surface area contributed by atoms with Crippen molar-refractivity contribution in [2.24, 2.45) is 7.05 Å². The van der Waals surface area contributed by atoms with Crippen molar-refractivity contribution in [3.05, 3.63) is 99.4 Å². The molecule has 31 heavy (non-hydrogen) atoms. The van der Waals surface area contributed by atoms with Gasteiger partial charge >= 0.3 is 0 Å². The van der Waals surface area contributed by atoms with Crippen molar-refractivity contribution in [1.29, 1.82) is 0 Å². The summed E-state index contributed by atoms with van der Waals surface area (Å²) < 4.78 is 8.56. The molecule has 0 radical (unpaired) electrons. The van der Waals surface area contributed by atoms with Gasteiger partial charge in [0.15, 0.2) is 5.65 Å². The van der Waals surface area contributed by atoms with Crippen LogP contribution in [0.3, 0.4) is 0 Å². The van der Waals surface area contributed by atoms with Gasteiger partial charge in [0.1, 0.15) is 17.0 Å². The second-order valence-corrected chi connectivity index (χ2v) is 7.24. The molecule has 0 aliphatic heterocycles. The molecule has 0 aliphatic rings. The third-order valence-corrected chi connectivity index (χ3v) is 5.48. The molecule has 0 fully saturated rings.